The second kappa shape index (κ2) is 2.74. The first-order valence-electron chi connectivity index (χ1n) is 4.54. The minimum Gasteiger partial charge on any atom is -0.109 e. The molecular weight excluding hydrogens is 223 g/mol. The minimum absolute atomic E-state index is 0.0360. The van der Waals surface area contributed by atoms with Gasteiger partial charge in [-0.3, -0.25) is 0 Å². The molecule has 0 spiro atoms. The summed E-state index contributed by atoms with van der Waals surface area (Å²) >= 11 is 14.8. The van der Waals surface area contributed by atoms with Gasteiger partial charge in [0.1, 0.15) is 8.41 Å². The van der Waals surface area contributed by atoms with Crippen LogP contribution in [-0.2, 0) is 0 Å². The summed E-state index contributed by atoms with van der Waals surface area (Å²) in [5.41, 5.74) is 0.0719. The third-order valence-electron chi connectivity index (χ3n) is 2.58. The number of hydrogen-bond donors (Lipinski definition) is 0. The van der Waals surface area contributed by atoms with Crippen molar-refractivity contribution in [1.29, 1.82) is 0 Å². The van der Waals surface area contributed by atoms with E-state index in [4.69, 9.17) is 23.2 Å². The van der Waals surface area contributed by atoms with E-state index in [0.29, 0.717) is 0 Å². The third kappa shape index (κ3) is 1.52. The molecule has 2 atom stereocenters. The highest BCUT2D eigenvalue weighted by Crippen LogP contribution is 2.80. The van der Waals surface area contributed by atoms with Crippen molar-refractivity contribution >= 4 is 35.0 Å². The van der Waals surface area contributed by atoms with Crippen LogP contribution in [0.5, 0.6) is 0 Å². The van der Waals surface area contributed by atoms with Crippen molar-refractivity contribution in [3.05, 3.63) is 0 Å². The Morgan fingerprint density at radius 1 is 0.769 bits per heavy atom. The number of rotatable bonds is 0. The van der Waals surface area contributed by atoms with Gasteiger partial charge in [-0.05, 0) is 10.8 Å². The van der Waals surface area contributed by atoms with Crippen LogP contribution in [0.1, 0.15) is 41.5 Å². The van der Waals surface area contributed by atoms with E-state index < -0.39 is 0 Å². The third-order valence-corrected chi connectivity index (χ3v) is 7.26. The molecule has 0 bridgehead atoms. The van der Waals surface area contributed by atoms with Gasteiger partial charge < -0.3 is 0 Å². The summed E-state index contributed by atoms with van der Waals surface area (Å²) in [7, 11) is 0. The summed E-state index contributed by atoms with van der Waals surface area (Å²) in [6.07, 6.45) is 0. The van der Waals surface area contributed by atoms with Crippen molar-refractivity contribution in [3.8, 4) is 0 Å². The highest BCUT2D eigenvalue weighted by molar-refractivity contribution is 8.12. The van der Waals surface area contributed by atoms with Crippen LogP contribution in [0.4, 0.5) is 0 Å². The quantitative estimate of drug-likeness (QED) is 0.437. The van der Waals surface area contributed by atoms with Crippen molar-refractivity contribution in [2.24, 2.45) is 10.8 Å². The Kier molecular flexibility index (Phi) is 2.53. The summed E-state index contributed by atoms with van der Waals surface area (Å²) < 4.78 is -0.639. The minimum atomic E-state index is -0.320. The lowest BCUT2D eigenvalue weighted by atomic mass is 9.80. The molecule has 1 rings (SSSR count). The van der Waals surface area contributed by atoms with E-state index in [1.54, 1.807) is 11.8 Å². The van der Waals surface area contributed by atoms with Crippen LogP contribution in [0.2, 0.25) is 0 Å². The van der Waals surface area contributed by atoms with Gasteiger partial charge in [0.25, 0.3) is 0 Å². The fraction of sp³-hybridized carbons (Fsp3) is 1.00. The van der Waals surface area contributed by atoms with E-state index in [9.17, 15) is 0 Å². The van der Waals surface area contributed by atoms with E-state index in [-0.39, 0.29) is 19.2 Å². The lowest BCUT2D eigenvalue weighted by molar-refractivity contribution is 0.289. The topological polar surface area (TPSA) is 0 Å². The van der Waals surface area contributed by atoms with E-state index in [0.717, 1.165) is 0 Å². The van der Waals surface area contributed by atoms with Crippen LogP contribution >= 0.6 is 35.0 Å². The normalized spacial score (nSPS) is 40.6. The zero-order valence-corrected chi connectivity index (χ0v) is 11.5. The van der Waals surface area contributed by atoms with E-state index >= 15 is 0 Å². The molecule has 0 aromatic heterocycles. The Balaban J connectivity index is 2.95. The highest BCUT2D eigenvalue weighted by atomic mass is 35.5. The maximum Gasteiger partial charge on any atom is 0.125 e. The Bertz CT molecular complexity index is 202. The molecule has 1 aliphatic heterocycles. The van der Waals surface area contributed by atoms with Crippen LogP contribution in [0.15, 0.2) is 0 Å². The smallest absolute Gasteiger partial charge is 0.109 e. The molecule has 1 saturated heterocycles. The predicted molar refractivity (Wildman–Crippen MR) is 63.7 cm³/mol. The predicted octanol–water partition coefficient (Wildman–Crippen LogP) is 4.70. The Morgan fingerprint density at radius 2 is 1.00 bits per heavy atom. The van der Waals surface area contributed by atoms with E-state index in [1.807, 2.05) is 0 Å². The van der Waals surface area contributed by atoms with Gasteiger partial charge in [-0.1, -0.05) is 41.5 Å². The average Bonchev–Trinajstić information content (AvgIpc) is 2.34. The van der Waals surface area contributed by atoms with Gasteiger partial charge in [0.05, 0.1) is 0 Å². The largest absolute Gasteiger partial charge is 0.125 e. The number of alkyl halides is 2. The number of hydrogen-bond acceptors (Lipinski definition) is 1. The summed E-state index contributed by atoms with van der Waals surface area (Å²) in [5.74, 6) is 0. The maximum atomic E-state index is 6.54. The maximum absolute atomic E-state index is 6.54. The first kappa shape index (κ1) is 12.0. The molecule has 1 fully saturated rings. The standard InChI is InChI=1S/C10H18Cl2S/c1-7(2,3)9(11)10(12,13-9)8(4,5)6/h1-6H3. The molecule has 0 N–H and O–H groups in total. The second-order valence-electron chi connectivity index (χ2n) is 5.79. The molecule has 1 aliphatic rings. The lowest BCUT2D eigenvalue weighted by Gasteiger charge is -2.33. The monoisotopic (exact) mass is 240 g/mol. The van der Waals surface area contributed by atoms with Gasteiger partial charge in [-0.2, -0.15) is 0 Å². The Morgan fingerprint density at radius 3 is 1.08 bits per heavy atom. The molecule has 78 valence electrons. The SMILES string of the molecule is CC(C)(C)C1(Cl)SC1(Cl)C(C)(C)C. The molecule has 0 nitrogen and oxygen atoms in total. The van der Waals surface area contributed by atoms with Gasteiger partial charge in [-0.15, -0.1) is 35.0 Å². The van der Waals surface area contributed by atoms with Gasteiger partial charge in [0.2, 0.25) is 0 Å². The van der Waals surface area contributed by atoms with Crippen molar-refractivity contribution < 1.29 is 0 Å². The van der Waals surface area contributed by atoms with Gasteiger partial charge in [0, 0.05) is 0 Å². The van der Waals surface area contributed by atoms with E-state index in [2.05, 4.69) is 41.5 Å². The molecule has 0 amide bonds. The Labute approximate surface area is 95.7 Å². The van der Waals surface area contributed by atoms with Crippen molar-refractivity contribution in [2.45, 2.75) is 50.0 Å². The summed E-state index contributed by atoms with van der Waals surface area (Å²) in [6, 6.07) is 0. The van der Waals surface area contributed by atoms with E-state index in [1.165, 1.54) is 0 Å². The van der Waals surface area contributed by atoms with Crippen LogP contribution in [0.3, 0.4) is 0 Å². The average molecular weight is 241 g/mol. The van der Waals surface area contributed by atoms with Crippen molar-refractivity contribution in [2.75, 3.05) is 0 Å². The molecule has 1 heterocycles. The Hall–Kier alpha value is 0.930. The van der Waals surface area contributed by atoms with Gasteiger partial charge >= 0.3 is 0 Å². The molecule has 3 heteroatoms. The molecule has 0 radical (unpaired) electrons. The van der Waals surface area contributed by atoms with Crippen molar-refractivity contribution in [1.82, 2.24) is 0 Å². The van der Waals surface area contributed by atoms with Crippen LogP contribution in [-0.4, -0.2) is 8.41 Å². The number of halogens is 2. The molecule has 0 aliphatic carbocycles. The molecule has 0 aromatic carbocycles. The molecular formula is C10H18Cl2S. The lowest BCUT2D eigenvalue weighted by Crippen LogP contribution is -2.37. The first-order chi connectivity index (χ1) is 5.46. The molecule has 0 aromatic rings. The summed E-state index contributed by atoms with van der Waals surface area (Å²) in [6.45, 7) is 12.9. The fourth-order valence-electron chi connectivity index (χ4n) is 1.44. The molecule has 0 saturated carbocycles. The first-order valence-corrected chi connectivity index (χ1v) is 6.11. The number of thioether (sulfide) groups is 1. The molecule has 13 heavy (non-hydrogen) atoms. The summed E-state index contributed by atoms with van der Waals surface area (Å²) in [5, 5.41) is 0. The van der Waals surface area contributed by atoms with Gasteiger partial charge in [-0.25, -0.2) is 0 Å². The van der Waals surface area contributed by atoms with Crippen molar-refractivity contribution in [3.63, 3.8) is 0 Å². The summed E-state index contributed by atoms with van der Waals surface area (Å²) in [4.78, 5) is 0. The second-order valence-corrected chi connectivity index (χ2v) is 8.80. The zero-order chi connectivity index (χ0) is 10.7. The zero-order valence-electron chi connectivity index (χ0n) is 9.16. The molecule has 2 unspecified atom stereocenters. The fourth-order valence-corrected chi connectivity index (χ4v) is 4.38. The highest BCUT2D eigenvalue weighted by Gasteiger charge is 2.76. The van der Waals surface area contributed by atoms with Crippen LogP contribution in [0, 0.1) is 10.8 Å². The van der Waals surface area contributed by atoms with Gasteiger partial charge in [0.15, 0.2) is 0 Å². The van der Waals surface area contributed by atoms with Crippen LogP contribution in [0.25, 0.3) is 0 Å². The van der Waals surface area contributed by atoms with Crippen LogP contribution < -0.4 is 0 Å².